The van der Waals surface area contributed by atoms with Crippen LogP contribution < -0.4 is 0 Å². The van der Waals surface area contributed by atoms with Crippen LogP contribution in [-0.2, 0) is 0 Å². The summed E-state index contributed by atoms with van der Waals surface area (Å²) in [5.74, 6) is 0. The molecule has 0 aromatic heterocycles. The predicted molar refractivity (Wildman–Crippen MR) is 50.9 cm³/mol. The van der Waals surface area contributed by atoms with Crippen molar-refractivity contribution in [2.75, 3.05) is 0 Å². The smallest absolute Gasteiger partial charge is 0.113 e. The van der Waals surface area contributed by atoms with Gasteiger partial charge in [-0.15, -0.1) is 0 Å². The summed E-state index contributed by atoms with van der Waals surface area (Å²) in [6.45, 7) is 5.40. The van der Waals surface area contributed by atoms with E-state index in [9.17, 15) is 5.11 Å². The molecule has 0 aliphatic rings. The van der Waals surface area contributed by atoms with Crippen molar-refractivity contribution in [3.8, 4) is 6.07 Å². The van der Waals surface area contributed by atoms with Crippen LogP contribution in [0.5, 0.6) is 0 Å². The first-order valence-corrected chi connectivity index (χ1v) is 3.98. The lowest BCUT2D eigenvalue weighted by Crippen LogP contribution is -1.98. The number of benzene rings is 1. The maximum atomic E-state index is 9.59. The van der Waals surface area contributed by atoms with Crippen molar-refractivity contribution in [2.24, 2.45) is 0 Å². The predicted octanol–water partition coefficient (Wildman–Crippen LogP) is 2.11. The quantitative estimate of drug-likeness (QED) is 0.696. The van der Waals surface area contributed by atoms with Crippen LogP contribution in [-0.4, -0.2) is 5.11 Å². The molecule has 2 nitrogen and oxygen atoms in total. The summed E-state index contributed by atoms with van der Waals surface area (Å²) in [6.07, 6.45) is -0.870. The van der Waals surface area contributed by atoms with Crippen LogP contribution in [0.3, 0.4) is 0 Å². The molecule has 1 aromatic carbocycles. The van der Waals surface area contributed by atoms with Gasteiger partial charge in [-0.1, -0.05) is 36.4 Å². The fourth-order valence-corrected chi connectivity index (χ4v) is 1.10. The van der Waals surface area contributed by atoms with Gasteiger partial charge in [0.1, 0.15) is 6.10 Å². The van der Waals surface area contributed by atoms with Gasteiger partial charge in [0.15, 0.2) is 0 Å². The fourth-order valence-electron chi connectivity index (χ4n) is 1.10. The van der Waals surface area contributed by atoms with E-state index in [0.717, 1.165) is 5.56 Å². The lowest BCUT2D eigenvalue weighted by Gasteiger charge is -2.08. The summed E-state index contributed by atoms with van der Waals surface area (Å²) in [6, 6.07) is 9.24. The fraction of sp³-hybridized carbons (Fsp3) is 0.182. The van der Waals surface area contributed by atoms with Crippen molar-refractivity contribution in [3.63, 3.8) is 0 Å². The second kappa shape index (κ2) is 3.88. The van der Waals surface area contributed by atoms with E-state index in [2.05, 4.69) is 6.58 Å². The standard InChI is InChI=1S/C11H11NO/c1-8-4-3-5-10(6-8)11(13)9(2)7-12/h3-6,11,13H,2H2,1H3. The highest BCUT2D eigenvalue weighted by atomic mass is 16.3. The van der Waals surface area contributed by atoms with Crippen molar-refractivity contribution < 1.29 is 5.11 Å². The molecular weight excluding hydrogens is 162 g/mol. The van der Waals surface area contributed by atoms with E-state index in [1.165, 1.54) is 0 Å². The van der Waals surface area contributed by atoms with E-state index in [0.29, 0.717) is 5.56 Å². The molecule has 0 aliphatic carbocycles. The van der Waals surface area contributed by atoms with Crippen LogP contribution in [0.2, 0.25) is 0 Å². The third kappa shape index (κ3) is 2.17. The topological polar surface area (TPSA) is 44.0 Å². The number of aliphatic hydroxyl groups is 1. The molecule has 1 N–H and O–H groups in total. The van der Waals surface area contributed by atoms with Gasteiger partial charge in [-0.05, 0) is 12.5 Å². The minimum Gasteiger partial charge on any atom is -0.383 e. The van der Waals surface area contributed by atoms with Gasteiger partial charge in [0.25, 0.3) is 0 Å². The Morgan fingerprint density at radius 2 is 2.31 bits per heavy atom. The van der Waals surface area contributed by atoms with Gasteiger partial charge < -0.3 is 5.11 Å². The molecule has 1 unspecified atom stereocenters. The first kappa shape index (κ1) is 9.50. The highest BCUT2D eigenvalue weighted by Gasteiger charge is 2.10. The number of rotatable bonds is 2. The molecule has 1 rings (SSSR count). The van der Waals surface area contributed by atoms with Crippen LogP contribution in [0.15, 0.2) is 36.4 Å². The summed E-state index contributed by atoms with van der Waals surface area (Å²) in [7, 11) is 0. The average Bonchev–Trinajstić information content (AvgIpc) is 2.15. The second-order valence-corrected chi connectivity index (χ2v) is 2.95. The number of hydrogen-bond acceptors (Lipinski definition) is 2. The minimum absolute atomic E-state index is 0.172. The van der Waals surface area contributed by atoms with Crippen LogP contribution in [0.25, 0.3) is 0 Å². The first-order chi connectivity index (χ1) is 6.15. The zero-order chi connectivity index (χ0) is 9.84. The zero-order valence-electron chi connectivity index (χ0n) is 7.49. The van der Waals surface area contributed by atoms with E-state index in [1.54, 1.807) is 6.07 Å². The number of hydrogen-bond donors (Lipinski definition) is 1. The van der Waals surface area contributed by atoms with Crippen molar-refractivity contribution >= 4 is 0 Å². The summed E-state index contributed by atoms with van der Waals surface area (Å²) >= 11 is 0. The zero-order valence-corrected chi connectivity index (χ0v) is 7.49. The minimum atomic E-state index is -0.870. The Morgan fingerprint density at radius 3 is 2.85 bits per heavy atom. The number of nitrogens with zero attached hydrogens (tertiary/aromatic N) is 1. The molecule has 0 radical (unpaired) electrons. The molecule has 0 saturated carbocycles. The molecule has 0 saturated heterocycles. The molecule has 1 aromatic rings. The Bertz CT molecular complexity index is 363. The van der Waals surface area contributed by atoms with Gasteiger partial charge in [0.2, 0.25) is 0 Å². The van der Waals surface area contributed by atoms with Crippen molar-refractivity contribution in [3.05, 3.63) is 47.5 Å². The van der Waals surface area contributed by atoms with Crippen LogP contribution in [0, 0.1) is 18.3 Å². The summed E-state index contributed by atoms with van der Waals surface area (Å²) in [5.41, 5.74) is 1.94. The summed E-state index contributed by atoms with van der Waals surface area (Å²) in [5, 5.41) is 18.1. The van der Waals surface area contributed by atoms with E-state index < -0.39 is 6.10 Å². The number of nitriles is 1. The summed E-state index contributed by atoms with van der Waals surface area (Å²) in [4.78, 5) is 0. The van der Waals surface area contributed by atoms with E-state index >= 15 is 0 Å². The normalized spacial score (nSPS) is 11.8. The average molecular weight is 173 g/mol. The Balaban J connectivity index is 2.96. The SMILES string of the molecule is C=C(C#N)C(O)c1cccc(C)c1. The first-order valence-electron chi connectivity index (χ1n) is 3.98. The maximum absolute atomic E-state index is 9.59. The van der Waals surface area contributed by atoms with Crippen molar-refractivity contribution in [1.29, 1.82) is 5.26 Å². The Labute approximate surface area is 77.8 Å². The number of aliphatic hydroxyl groups excluding tert-OH is 1. The van der Waals surface area contributed by atoms with Gasteiger partial charge in [0.05, 0.1) is 11.6 Å². The largest absolute Gasteiger partial charge is 0.383 e. The van der Waals surface area contributed by atoms with Gasteiger partial charge in [-0.3, -0.25) is 0 Å². The molecule has 0 fully saturated rings. The Kier molecular flexibility index (Phi) is 2.84. The van der Waals surface area contributed by atoms with E-state index in [4.69, 9.17) is 5.26 Å². The van der Waals surface area contributed by atoms with Crippen LogP contribution in [0.1, 0.15) is 17.2 Å². The van der Waals surface area contributed by atoms with Gasteiger partial charge in [0, 0.05) is 0 Å². The molecule has 0 spiro atoms. The lowest BCUT2D eigenvalue weighted by atomic mass is 10.0. The Hall–Kier alpha value is -1.59. The molecule has 13 heavy (non-hydrogen) atoms. The van der Waals surface area contributed by atoms with E-state index in [-0.39, 0.29) is 5.57 Å². The van der Waals surface area contributed by atoms with Crippen molar-refractivity contribution in [1.82, 2.24) is 0 Å². The molecule has 0 amide bonds. The maximum Gasteiger partial charge on any atom is 0.113 e. The number of aryl methyl sites for hydroxylation is 1. The highest BCUT2D eigenvalue weighted by Crippen LogP contribution is 2.19. The molecule has 2 heteroatoms. The van der Waals surface area contributed by atoms with Crippen LogP contribution in [0.4, 0.5) is 0 Å². The molecule has 0 bridgehead atoms. The van der Waals surface area contributed by atoms with Crippen molar-refractivity contribution in [2.45, 2.75) is 13.0 Å². The highest BCUT2D eigenvalue weighted by molar-refractivity contribution is 5.33. The van der Waals surface area contributed by atoms with Crippen LogP contribution >= 0.6 is 0 Å². The molecule has 0 heterocycles. The molecule has 1 atom stereocenters. The second-order valence-electron chi connectivity index (χ2n) is 2.95. The third-order valence-corrected chi connectivity index (χ3v) is 1.83. The summed E-state index contributed by atoms with van der Waals surface area (Å²) < 4.78 is 0. The van der Waals surface area contributed by atoms with Gasteiger partial charge in [-0.25, -0.2) is 0 Å². The monoisotopic (exact) mass is 173 g/mol. The molecule has 0 aliphatic heterocycles. The van der Waals surface area contributed by atoms with Gasteiger partial charge >= 0.3 is 0 Å². The Morgan fingerprint density at radius 1 is 1.62 bits per heavy atom. The van der Waals surface area contributed by atoms with Gasteiger partial charge in [-0.2, -0.15) is 5.26 Å². The third-order valence-electron chi connectivity index (χ3n) is 1.83. The molecular formula is C11H11NO. The molecule has 66 valence electrons. The van der Waals surface area contributed by atoms with E-state index in [1.807, 2.05) is 31.2 Å². The lowest BCUT2D eigenvalue weighted by molar-refractivity contribution is 0.221.